The van der Waals surface area contributed by atoms with E-state index in [9.17, 15) is 4.79 Å². The van der Waals surface area contributed by atoms with Crippen molar-refractivity contribution in [3.8, 4) is 0 Å². The molecule has 1 unspecified atom stereocenters. The Morgan fingerprint density at radius 1 is 1.64 bits per heavy atom. The molecule has 0 fully saturated rings. The second kappa shape index (κ2) is 4.79. The Balaban J connectivity index is 2.68. The summed E-state index contributed by atoms with van der Waals surface area (Å²) in [5.74, 6) is 0.997. The Morgan fingerprint density at radius 2 is 2.36 bits per heavy atom. The molecule has 0 aliphatic heterocycles. The number of anilines is 1. The van der Waals surface area contributed by atoms with E-state index in [1.165, 1.54) is 4.57 Å². The van der Waals surface area contributed by atoms with Crippen LogP contribution in [-0.2, 0) is 7.05 Å². The van der Waals surface area contributed by atoms with Gasteiger partial charge in [0.1, 0.15) is 0 Å². The first kappa shape index (κ1) is 10.8. The lowest BCUT2D eigenvalue weighted by molar-refractivity contribution is 0.591. The van der Waals surface area contributed by atoms with Gasteiger partial charge in [-0.25, -0.2) is 4.98 Å². The topological polar surface area (TPSA) is 46.9 Å². The van der Waals surface area contributed by atoms with Gasteiger partial charge in [0, 0.05) is 26.0 Å². The van der Waals surface area contributed by atoms with Crippen molar-refractivity contribution in [3.63, 3.8) is 0 Å². The molecule has 14 heavy (non-hydrogen) atoms. The van der Waals surface area contributed by atoms with Crippen molar-refractivity contribution in [2.45, 2.75) is 20.3 Å². The van der Waals surface area contributed by atoms with Crippen LogP contribution in [0, 0.1) is 5.92 Å². The highest BCUT2D eigenvalue weighted by molar-refractivity contribution is 5.30. The molecule has 0 aliphatic carbocycles. The van der Waals surface area contributed by atoms with E-state index in [2.05, 4.69) is 24.1 Å². The Hall–Kier alpha value is -1.32. The maximum atomic E-state index is 11.5. The largest absolute Gasteiger partial charge is 0.365 e. The summed E-state index contributed by atoms with van der Waals surface area (Å²) in [5.41, 5.74) is -0.0733. The predicted octanol–water partition coefficient (Wildman–Crippen LogP) is 1.24. The van der Waals surface area contributed by atoms with E-state index in [4.69, 9.17) is 0 Å². The molecular weight excluding hydrogens is 178 g/mol. The Bertz CT molecular complexity index is 345. The van der Waals surface area contributed by atoms with Gasteiger partial charge in [0.15, 0.2) is 5.82 Å². The molecule has 1 N–H and O–H groups in total. The summed E-state index contributed by atoms with van der Waals surface area (Å²) in [5, 5.41) is 3.06. The molecule has 1 rings (SSSR count). The lowest BCUT2D eigenvalue weighted by Gasteiger charge is -2.10. The summed E-state index contributed by atoms with van der Waals surface area (Å²) in [6.07, 6.45) is 4.37. The molecule has 4 heteroatoms. The highest BCUT2D eigenvalue weighted by atomic mass is 16.1. The minimum atomic E-state index is -0.0733. The summed E-state index contributed by atoms with van der Waals surface area (Å²) in [6.45, 7) is 5.06. The number of hydrogen-bond donors (Lipinski definition) is 1. The second-order valence-corrected chi connectivity index (χ2v) is 3.59. The van der Waals surface area contributed by atoms with Gasteiger partial charge in [-0.3, -0.25) is 4.79 Å². The van der Waals surface area contributed by atoms with Crippen LogP contribution in [0.5, 0.6) is 0 Å². The van der Waals surface area contributed by atoms with Crippen LogP contribution < -0.4 is 10.9 Å². The molecule has 1 atom stereocenters. The van der Waals surface area contributed by atoms with Crippen LogP contribution in [-0.4, -0.2) is 16.1 Å². The van der Waals surface area contributed by atoms with Gasteiger partial charge in [0.25, 0.3) is 5.56 Å². The maximum absolute atomic E-state index is 11.5. The first-order chi connectivity index (χ1) is 6.65. The van der Waals surface area contributed by atoms with Crippen molar-refractivity contribution in [3.05, 3.63) is 22.7 Å². The number of aryl methyl sites for hydroxylation is 1. The molecule has 1 aromatic rings. The van der Waals surface area contributed by atoms with E-state index >= 15 is 0 Å². The Kier molecular flexibility index (Phi) is 3.68. The first-order valence-corrected chi connectivity index (χ1v) is 4.90. The molecule has 0 saturated heterocycles. The van der Waals surface area contributed by atoms with Crippen LogP contribution in [0.1, 0.15) is 20.3 Å². The van der Waals surface area contributed by atoms with Gasteiger partial charge >= 0.3 is 0 Å². The van der Waals surface area contributed by atoms with Crippen molar-refractivity contribution < 1.29 is 0 Å². The third-order valence-corrected chi connectivity index (χ3v) is 2.33. The fraction of sp³-hybridized carbons (Fsp3) is 0.600. The smallest absolute Gasteiger partial charge is 0.293 e. The van der Waals surface area contributed by atoms with E-state index in [0.717, 1.165) is 13.0 Å². The monoisotopic (exact) mass is 195 g/mol. The first-order valence-electron chi connectivity index (χ1n) is 4.90. The van der Waals surface area contributed by atoms with Crippen LogP contribution in [0.3, 0.4) is 0 Å². The van der Waals surface area contributed by atoms with E-state index < -0.39 is 0 Å². The quantitative estimate of drug-likeness (QED) is 0.786. The minimum absolute atomic E-state index is 0.0733. The zero-order valence-electron chi connectivity index (χ0n) is 8.95. The van der Waals surface area contributed by atoms with Gasteiger partial charge in [-0.15, -0.1) is 0 Å². The molecule has 1 heterocycles. The minimum Gasteiger partial charge on any atom is -0.365 e. The van der Waals surface area contributed by atoms with Crippen LogP contribution in [0.4, 0.5) is 5.82 Å². The second-order valence-electron chi connectivity index (χ2n) is 3.59. The average Bonchev–Trinajstić information content (AvgIpc) is 2.20. The number of rotatable bonds is 4. The summed E-state index contributed by atoms with van der Waals surface area (Å²) < 4.78 is 1.52. The van der Waals surface area contributed by atoms with Crippen LogP contribution in [0.15, 0.2) is 17.2 Å². The highest BCUT2D eigenvalue weighted by Gasteiger charge is 2.03. The van der Waals surface area contributed by atoms with Gasteiger partial charge in [0.2, 0.25) is 0 Å². The number of hydrogen-bond acceptors (Lipinski definition) is 3. The fourth-order valence-corrected chi connectivity index (χ4v) is 1.03. The Morgan fingerprint density at radius 3 is 3.00 bits per heavy atom. The highest BCUT2D eigenvalue weighted by Crippen LogP contribution is 2.01. The standard InChI is InChI=1S/C10H17N3O/c1-4-8(2)7-12-9-10(14)13(3)6-5-11-9/h5-6,8H,4,7H2,1-3H3,(H,11,12). The third kappa shape index (κ3) is 2.58. The molecule has 1 aromatic heterocycles. The van der Waals surface area contributed by atoms with E-state index in [1.54, 1.807) is 19.4 Å². The van der Waals surface area contributed by atoms with Crippen molar-refractivity contribution in [2.75, 3.05) is 11.9 Å². The predicted molar refractivity (Wildman–Crippen MR) is 57.4 cm³/mol. The third-order valence-electron chi connectivity index (χ3n) is 2.33. The average molecular weight is 195 g/mol. The molecule has 0 aliphatic rings. The molecule has 0 aromatic carbocycles. The van der Waals surface area contributed by atoms with Gasteiger partial charge in [0.05, 0.1) is 0 Å². The van der Waals surface area contributed by atoms with Crippen LogP contribution >= 0.6 is 0 Å². The summed E-state index contributed by atoms with van der Waals surface area (Å²) in [7, 11) is 1.72. The molecule has 78 valence electrons. The number of nitrogens with one attached hydrogen (secondary N) is 1. The van der Waals surface area contributed by atoms with Crippen LogP contribution in [0.25, 0.3) is 0 Å². The van der Waals surface area contributed by atoms with Gasteiger partial charge in [-0.1, -0.05) is 20.3 Å². The molecule has 0 radical (unpaired) electrons. The lowest BCUT2D eigenvalue weighted by Crippen LogP contribution is -2.24. The van der Waals surface area contributed by atoms with Crippen molar-refractivity contribution >= 4 is 5.82 Å². The Labute approximate surface area is 84.0 Å². The van der Waals surface area contributed by atoms with Gasteiger partial charge in [-0.2, -0.15) is 0 Å². The van der Waals surface area contributed by atoms with Crippen molar-refractivity contribution in [1.29, 1.82) is 0 Å². The van der Waals surface area contributed by atoms with Crippen molar-refractivity contribution in [1.82, 2.24) is 9.55 Å². The van der Waals surface area contributed by atoms with E-state index in [-0.39, 0.29) is 5.56 Å². The number of aromatic nitrogens is 2. The SMILES string of the molecule is CCC(C)CNc1nccn(C)c1=O. The van der Waals surface area contributed by atoms with Crippen molar-refractivity contribution in [2.24, 2.45) is 13.0 Å². The van der Waals surface area contributed by atoms with E-state index in [0.29, 0.717) is 11.7 Å². The summed E-state index contributed by atoms with van der Waals surface area (Å²) in [4.78, 5) is 15.5. The summed E-state index contributed by atoms with van der Waals surface area (Å²) in [6, 6.07) is 0. The molecule has 0 spiro atoms. The van der Waals surface area contributed by atoms with Gasteiger partial charge < -0.3 is 9.88 Å². The molecule has 0 amide bonds. The van der Waals surface area contributed by atoms with Gasteiger partial charge in [-0.05, 0) is 5.92 Å². The normalized spacial score (nSPS) is 12.5. The molecule has 0 bridgehead atoms. The number of nitrogens with zero attached hydrogens (tertiary/aromatic N) is 2. The zero-order chi connectivity index (χ0) is 10.6. The molecular formula is C10H17N3O. The van der Waals surface area contributed by atoms with E-state index in [1.807, 2.05) is 0 Å². The van der Waals surface area contributed by atoms with Crippen LogP contribution in [0.2, 0.25) is 0 Å². The fourth-order valence-electron chi connectivity index (χ4n) is 1.03. The lowest BCUT2D eigenvalue weighted by atomic mass is 10.1. The summed E-state index contributed by atoms with van der Waals surface area (Å²) >= 11 is 0. The maximum Gasteiger partial charge on any atom is 0.293 e. The zero-order valence-corrected chi connectivity index (χ0v) is 8.95. The molecule has 0 saturated carbocycles. The molecule has 4 nitrogen and oxygen atoms in total.